The highest BCUT2D eigenvalue weighted by atomic mass is 35.5. The van der Waals surface area contributed by atoms with Gasteiger partial charge in [0.1, 0.15) is 6.04 Å². The lowest BCUT2D eigenvalue weighted by atomic mass is 9.93. The lowest BCUT2D eigenvalue weighted by Gasteiger charge is -2.22. The number of hydrogen-bond acceptors (Lipinski definition) is 2. The van der Waals surface area contributed by atoms with Gasteiger partial charge in [-0.2, -0.15) is 0 Å². The van der Waals surface area contributed by atoms with Crippen LogP contribution in [-0.2, 0) is 22.4 Å². The molecule has 0 spiro atoms. The Bertz CT molecular complexity index is 742. The largest absolute Gasteiger partial charge is 0.368 e. The summed E-state index contributed by atoms with van der Waals surface area (Å²) in [6, 6.07) is 14.7. The van der Waals surface area contributed by atoms with Crippen LogP contribution in [0.5, 0.6) is 0 Å². The lowest BCUT2D eigenvalue weighted by molar-refractivity contribution is -0.128. The van der Waals surface area contributed by atoms with Gasteiger partial charge in [0, 0.05) is 5.02 Å². The Morgan fingerprint density at radius 1 is 1.04 bits per heavy atom. The number of aryl methyl sites for hydroxylation is 2. The summed E-state index contributed by atoms with van der Waals surface area (Å²) >= 11 is 5.85. The van der Waals surface area contributed by atoms with E-state index in [0.717, 1.165) is 18.4 Å². The van der Waals surface area contributed by atoms with E-state index in [-0.39, 0.29) is 18.2 Å². The molecule has 0 fully saturated rings. The Hall–Kier alpha value is -2.33. The number of nitrogens with two attached hydrogens (primary N) is 1. The summed E-state index contributed by atoms with van der Waals surface area (Å²) in [5.41, 5.74) is 8.77. The van der Waals surface area contributed by atoms with Crippen LogP contribution in [0.15, 0.2) is 48.5 Å². The highest BCUT2D eigenvalue weighted by Gasteiger charge is 2.24. The Morgan fingerprint density at radius 2 is 1.62 bits per heavy atom. The van der Waals surface area contributed by atoms with Crippen molar-refractivity contribution in [1.82, 2.24) is 5.32 Å². The van der Waals surface area contributed by atoms with Crippen molar-refractivity contribution in [2.75, 3.05) is 0 Å². The van der Waals surface area contributed by atoms with Crippen molar-refractivity contribution in [1.29, 1.82) is 0 Å². The molecule has 0 heterocycles. The molecule has 2 aromatic carbocycles. The molecule has 4 nitrogen and oxygen atoms in total. The molecule has 2 unspecified atom stereocenters. The van der Waals surface area contributed by atoms with Crippen LogP contribution in [0.25, 0.3) is 0 Å². The summed E-state index contributed by atoms with van der Waals surface area (Å²) < 4.78 is 0. The van der Waals surface area contributed by atoms with Crippen molar-refractivity contribution >= 4 is 23.4 Å². The zero-order chi connectivity index (χ0) is 19.1. The van der Waals surface area contributed by atoms with Crippen LogP contribution in [0.2, 0.25) is 5.02 Å². The van der Waals surface area contributed by atoms with Gasteiger partial charge in [-0.15, -0.1) is 0 Å². The number of hydrogen-bond donors (Lipinski definition) is 2. The van der Waals surface area contributed by atoms with Crippen LogP contribution in [-0.4, -0.2) is 17.9 Å². The standard InChI is InChI=1S/C21H25ClN2O2/c1-14-3-6-16(7-4-14)8-5-15(2)20(21(23)26)24-19(25)13-17-9-11-18(22)12-10-17/h3-4,6-7,9-12,15,20H,5,8,13H2,1-2H3,(H2,23,26)(H,24,25). The van der Waals surface area contributed by atoms with Gasteiger partial charge in [0.25, 0.3) is 0 Å². The molecule has 0 aliphatic rings. The Balaban J connectivity index is 1.91. The van der Waals surface area contributed by atoms with Gasteiger partial charge < -0.3 is 11.1 Å². The molecule has 0 radical (unpaired) electrons. The lowest BCUT2D eigenvalue weighted by Crippen LogP contribution is -2.49. The normalized spacial score (nSPS) is 13.0. The van der Waals surface area contributed by atoms with Gasteiger partial charge >= 0.3 is 0 Å². The van der Waals surface area contributed by atoms with Crippen LogP contribution >= 0.6 is 11.6 Å². The summed E-state index contributed by atoms with van der Waals surface area (Å²) in [6.45, 7) is 3.98. The molecular weight excluding hydrogens is 348 g/mol. The summed E-state index contributed by atoms with van der Waals surface area (Å²) in [5.74, 6) is -0.785. The first-order valence-corrected chi connectivity index (χ1v) is 9.11. The molecule has 2 atom stereocenters. The summed E-state index contributed by atoms with van der Waals surface area (Å²) in [7, 11) is 0. The number of halogens is 1. The van der Waals surface area contributed by atoms with Gasteiger partial charge in [-0.05, 0) is 48.9 Å². The topological polar surface area (TPSA) is 72.2 Å². The zero-order valence-corrected chi connectivity index (χ0v) is 15.9. The van der Waals surface area contributed by atoms with Crippen LogP contribution in [0.4, 0.5) is 0 Å². The van der Waals surface area contributed by atoms with Crippen LogP contribution in [0.3, 0.4) is 0 Å². The van der Waals surface area contributed by atoms with Gasteiger partial charge in [-0.25, -0.2) is 0 Å². The molecule has 0 aromatic heterocycles. The third kappa shape index (κ3) is 6.19. The van der Waals surface area contributed by atoms with Crippen LogP contribution < -0.4 is 11.1 Å². The number of carbonyl (C=O) groups is 2. The molecule has 0 aliphatic carbocycles. The van der Waals surface area contributed by atoms with E-state index in [9.17, 15) is 9.59 Å². The zero-order valence-electron chi connectivity index (χ0n) is 15.2. The van der Waals surface area contributed by atoms with Crippen molar-refractivity contribution in [2.45, 2.75) is 39.2 Å². The number of carbonyl (C=O) groups excluding carboxylic acids is 2. The SMILES string of the molecule is Cc1ccc(CCC(C)C(NC(=O)Cc2ccc(Cl)cc2)C(N)=O)cc1. The van der Waals surface area contributed by atoms with Gasteiger partial charge in [0.2, 0.25) is 11.8 Å². The molecule has 0 aliphatic heterocycles. The minimum absolute atomic E-state index is 0.0528. The first-order chi connectivity index (χ1) is 12.3. The molecule has 0 bridgehead atoms. The van der Waals surface area contributed by atoms with E-state index in [1.807, 2.05) is 13.8 Å². The van der Waals surface area contributed by atoms with Gasteiger partial charge in [-0.1, -0.05) is 60.5 Å². The molecule has 2 rings (SSSR count). The van der Waals surface area contributed by atoms with Crippen molar-refractivity contribution in [3.05, 3.63) is 70.2 Å². The molecule has 2 amide bonds. The number of primary amides is 1. The number of nitrogens with one attached hydrogen (secondary N) is 1. The Kier molecular flexibility index (Phi) is 7.22. The first kappa shape index (κ1) is 20.0. The maximum atomic E-state index is 12.3. The predicted molar refractivity (Wildman–Crippen MR) is 105 cm³/mol. The maximum Gasteiger partial charge on any atom is 0.240 e. The maximum absolute atomic E-state index is 12.3. The fourth-order valence-electron chi connectivity index (χ4n) is 2.82. The van der Waals surface area contributed by atoms with Gasteiger partial charge in [-0.3, -0.25) is 9.59 Å². The summed E-state index contributed by atoms with van der Waals surface area (Å²) in [6.07, 6.45) is 1.78. The molecular formula is C21H25ClN2O2. The highest BCUT2D eigenvalue weighted by Crippen LogP contribution is 2.15. The van der Waals surface area contributed by atoms with E-state index in [1.54, 1.807) is 24.3 Å². The van der Waals surface area contributed by atoms with E-state index < -0.39 is 11.9 Å². The van der Waals surface area contributed by atoms with Crippen LogP contribution in [0, 0.1) is 12.8 Å². The van der Waals surface area contributed by atoms with E-state index in [0.29, 0.717) is 5.02 Å². The fraction of sp³-hybridized carbons (Fsp3) is 0.333. The van der Waals surface area contributed by atoms with Crippen molar-refractivity contribution in [3.8, 4) is 0 Å². The second-order valence-corrected chi connectivity index (χ2v) is 7.19. The fourth-order valence-corrected chi connectivity index (χ4v) is 2.95. The van der Waals surface area contributed by atoms with E-state index in [1.165, 1.54) is 11.1 Å². The van der Waals surface area contributed by atoms with Crippen molar-refractivity contribution in [3.63, 3.8) is 0 Å². The molecule has 0 saturated heterocycles. The first-order valence-electron chi connectivity index (χ1n) is 8.74. The molecule has 5 heteroatoms. The number of amides is 2. The average molecular weight is 373 g/mol. The van der Waals surface area contributed by atoms with Gasteiger partial charge in [0.05, 0.1) is 6.42 Å². The monoisotopic (exact) mass is 372 g/mol. The minimum Gasteiger partial charge on any atom is -0.368 e. The second-order valence-electron chi connectivity index (χ2n) is 6.75. The smallest absolute Gasteiger partial charge is 0.240 e. The van der Waals surface area contributed by atoms with Crippen molar-refractivity contribution < 1.29 is 9.59 Å². The minimum atomic E-state index is -0.680. The van der Waals surface area contributed by atoms with Gasteiger partial charge in [0.15, 0.2) is 0 Å². The third-order valence-corrected chi connectivity index (χ3v) is 4.73. The van der Waals surface area contributed by atoms with E-state index in [2.05, 4.69) is 29.6 Å². The average Bonchev–Trinajstić information content (AvgIpc) is 2.60. The molecule has 138 valence electrons. The van der Waals surface area contributed by atoms with E-state index in [4.69, 9.17) is 17.3 Å². The third-order valence-electron chi connectivity index (χ3n) is 4.48. The number of rotatable bonds is 8. The summed E-state index contributed by atoms with van der Waals surface area (Å²) in [5, 5.41) is 3.40. The Labute approximate surface area is 159 Å². The Morgan fingerprint density at radius 3 is 2.19 bits per heavy atom. The van der Waals surface area contributed by atoms with E-state index >= 15 is 0 Å². The second kappa shape index (κ2) is 9.39. The van der Waals surface area contributed by atoms with Crippen LogP contribution in [0.1, 0.15) is 30.0 Å². The predicted octanol–water partition coefficient (Wildman–Crippen LogP) is 3.43. The molecule has 2 aromatic rings. The molecule has 3 N–H and O–H groups in total. The quantitative estimate of drug-likeness (QED) is 0.745. The highest BCUT2D eigenvalue weighted by molar-refractivity contribution is 6.30. The molecule has 0 saturated carbocycles. The number of benzene rings is 2. The summed E-state index contributed by atoms with van der Waals surface area (Å²) in [4.78, 5) is 24.1. The molecule has 26 heavy (non-hydrogen) atoms. The van der Waals surface area contributed by atoms with Crippen molar-refractivity contribution in [2.24, 2.45) is 11.7 Å².